The predicted molar refractivity (Wildman–Crippen MR) is 267 cm³/mol. The summed E-state index contributed by atoms with van der Waals surface area (Å²) in [6.45, 7) is 2.19. The quantitative estimate of drug-likeness (QED) is 0.156. The van der Waals surface area contributed by atoms with Gasteiger partial charge in [0.15, 0.2) is 0 Å². The first-order valence-corrected chi connectivity index (χ1v) is 22.0. The molecule has 0 atom stereocenters. The average molecular weight is 1040 g/mol. The topological polar surface area (TPSA) is 43.9 Å². The van der Waals surface area contributed by atoms with E-state index in [1.165, 1.54) is 22.0 Å². The van der Waals surface area contributed by atoms with Crippen LogP contribution in [0.15, 0.2) is 199 Å². The first-order valence-electron chi connectivity index (χ1n) is 22.7. The van der Waals surface area contributed by atoms with E-state index in [0.717, 1.165) is 100 Å². The van der Waals surface area contributed by atoms with Crippen LogP contribution in [-0.4, -0.2) is 14.5 Å². The number of pyridine rings is 1. The Hall–Kier alpha value is -7.21. The Bertz CT molecular complexity index is 3690. The third-order valence-corrected chi connectivity index (χ3v) is 12.5. The number of hydrogen-bond donors (Lipinski definition) is 0. The molecular weight excluding hydrogens is 991 g/mol. The van der Waals surface area contributed by atoms with Gasteiger partial charge in [-0.25, -0.2) is 0 Å². The maximum Gasteiger partial charge on any atom is 0.135 e. The molecule has 0 fully saturated rings. The van der Waals surface area contributed by atoms with E-state index in [1.54, 1.807) is 29.5 Å². The standard InChI is InChI=1S/C47H31N2OS.C12H10N.Ir/c1-29-17-20-35-38-26-33(18-21-43(38)50-44(35)25-29)34-19-22-45-39(27-34)40(28-51-45)47-48-41-15-9-10-16-42(41)49(47)46-36(31-11-5-3-6-12-31)23-30(2)24-37(46)32-13-7-4-8-14-32;1-10-7-8-12(13-9-10)11-5-3-2-4-6-11;/h3-27H,1-2H3;2-5,7-9H,1H3;/q2*-1;/i;1D3;. The van der Waals surface area contributed by atoms with Crippen molar-refractivity contribution in [2.45, 2.75) is 20.7 Å². The van der Waals surface area contributed by atoms with E-state index in [9.17, 15) is 0 Å². The van der Waals surface area contributed by atoms with E-state index in [4.69, 9.17) is 13.5 Å². The summed E-state index contributed by atoms with van der Waals surface area (Å²) in [5.74, 6) is 0.879. The third kappa shape index (κ3) is 8.02. The van der Waals surface area contributed by atoms with Gasteiger partial charge in [-0.3, -0.25) is 16.3 Å². The number of aromatic nitrogens is 3. The van der Waals surface area contributed by atoms with Crippen LogP contribution in [0.25, 0.3) is 105 Å². The summed E-state index contributed by atoms with van der Waals surface area (Å²) in [4.78, 5) is 9.50. The van der Waals surface area contributed by atoms with Crippen LogP contribution in [0.1, 0.15) is 20.8 Å². The molecule has 0 saturated carbocycles. The Morgan fingerprint density at radius 1 is 0.585 bits per heavy atom. The van der Waals surface area contributed by atoms with Gasteiger partial charge in [0, 0.05) is 52.3 Å². The van der Waals surface area contributed by atoms with Crippen molar-refractivity contribution in [3.05, 3.63) is 222 Å². The van der Waals surface area contributed by atoms with E-state index >= 15 is 0 Å². The molecule has 0 spiro atoms. The molecule has 0 saturated heterocycles. The van der Waals surface area contributed by atoms with Crippen molar-refractivity contribution in [3.63, 3.8) is 0 Å². The molecule has 0 unspecified atom stereocenters. The summed E-state index contributed by atoms with van der Waals surface area (Å²) in [5.41, 5.74) is 17.1. The first kappa shape index (κ1) is 38.3. The molecule has 12 aromatic rings. The fourth-order valence-electron chi connectivity index (χ4n) is 8.61. The second-order valence-corrected chi connectivity index (χ2v) is 16.9. The molecule has 0 N–H and O–H groups in total. The molecule has 0 amide bonds. The van der Waals surface area contributed by atoms with Gasteiger partial charge in [0.2, 0.25) is 0 Å². The summed E-state index contributed by atoms with van der Waals surface area (Å²) in [5, 5.41) is 7.11. The van der Waals surface area contributed by atoms with Crippen molar-refractivity contribution in [1.82, 2.24) is 14.5 Å². The second-order valence-electron chi connectivity index (χ2n) is 16.0. The molecule has 4 heterocycles. The molecule has 0 aliphatic heterocycles. The van der Waals surface area contributed by atoms with Crippen molar-refractivity contribution < 1.29 is 28.6 Å². The molecule has 6 heteroatoms. The van der Waals surface area contributed by atoms with Crippen LogP contribution in [0.3, 0.4) is 0 Å². The van der Waals surface area contributed by atoms with Gasteiger partial charge in [-0.1, -0.05) is 137 Å². The van der Waals surface area contributed by atoms with E-state index in [-0.39, 0.29) is 25.7 Å². The van der Waals surface area contributed by atoms with Gasteiger partial charge >= 0.3 is 0 Å². The number of hydrogen-bond acceptors (Lipinski definition) is 4. The molecule has 1 radical (unpaired) electrons. The molecule has 65 heavy (non-hydrogen) atoms. The van der Waals surface area contributed by atoms with Gasteiger partial charge in [0.05, 0.1) is 22.5 Å². The Morgan fingerprint density at radius 3 is 1.98 bits per heavy atom. The van der Waals surface area contributed by atoms with Gasteiger partial charge in [-0.2, -0.15) is 0 Å². The zero-order valence-electron chi connectivity index (χ0n) is 38.5. The van der Waals surface area contributed by atoms with Crippen molar-refractivity contribution in [2.24, 2.45) is 0 Å². The summed E-state index contributed by atoms with van der Waals surface area (Å²) < 4.78 is 31.5. The third-order valence-electron chi connectivity index (χ3n) is 11.7. The zero-order valence-corrected chi connectivity index (χ0v) is 38.7. The number of imidazole rings is 1. The Morgan fingerprint density at radius 2 is 1.28 bits per heavy atom. The number of rotatable bonds is 6. The minimum Gasteiger partial charge on any atom is -0.456 e. The van der Waals surface area contributed by atoms with Crippen molar-refractivity contribution in [1.29, 1.82) is 0 Å². The smallest absolute Gasteiger partial charge is 0.135 e. The molecular formula is C59H41IrN3OS-2. The van der Waals surface area contributed by atoms with Crippen LogP contribution in [0, 0.1) is 32.1 Å². The number of aryl methyl sites for hydroxylation is 3. The largest absolute Gasteiger partial charge is 0.456 e. The minimum atomic E-state index is -2.09. The maximum atomic E-state index is 7.23. The number of benzene rings is 8. The number of furan rings is 1. The molecule has 0 aliphatic carbocycles. The summed E-state index contributed by atoms with van der Waals surface area (Å²) in [6, 6.07) is 67.9. The van der Waals surface area contributed by atoms with Gasteiger partial charge in [-0.05, 0) is 108 Å². The Kier molecular flexibility index (Phi) is 10.4. The SMILES string of the molecule is Cc1cc(-c2ccccc2)c(-n2c(-c3[c-]sc4ccc(-c5ccc6oc7cc(C)ccc7c6c5)cc34)nc3ccccc32)c(-c2ccccc2)c1.[2H]C([2H])([2H])c1ccc(-c2[c-]cccc2)nc1.[Ir]. The van der Waals surface area contributed by atoms with Gasteiger partial charge in [-0.15, -0.1) is 41.3 Å². The number of thiophene rings is 1. The van der Waals surface area contributed by atoms with Crippen LogP contribution < -0.4 is 0 Å². The van der Waals surface area contributed by atoms with Gasteiger partial charge in [0.1, 0.15) is 11.2 Å². The van der Waals surface area contributed by atoms with E-state index in [2.05, 4.69) is 187 Å². The molecule has 8 aromatic carbocycles. The van der Waals surface area contributed by atoms with Crippen LogP contribution in [0.4, 0.5) is 0 Å². The maximum absolute atomic E-state index is 7.23. The normalized spacial score (nSPS) is 12.1. The van der Waals surface area contributed by atoms with Crippen LogP contribution in [-0.2, 0) is 20.1 Å². The summed E-state index contributed by atoms with van der Waals surface area (Å²) >= 11 is 1.64. The summed E-state index contributed by atoms with van der Waals surface area (Å²) in [6.07, 6.45) is 1.39. The molecule has 0 aliphatic rings. The average Bonchev–Trinajstić information content (AvgIpc) is 4.07. The van der Waals surface area contributed by atoms with Crippen LogP contribution in [0.2, 0.25) is 0 Å². The van der Waals surface area contributed by atoms with E-state index in [0.29, 0.717) is 0 Å². The summed E-state index contributed by atoms with van der Waals surface area (Å²) in [7, 11) is 0. The number of para-hydroxylation sites is 2. The van der Waals surface area contributed by atoms with Crippen LogP contribution >= 0.6 is 11.3 Å². The molecule has 4 nitrogen and oxygen atoms in total. The van der Waals surface area contributed by atoms with Crippen LogP contribution in [0.5, 0.6) is 0 Å². The van der Waals surface area contributed by atoms with E-state index < -0.39 is 6.85 Å². The molecule has 4 aromatic heterocycles. The minimum absolute atomic E-state index is 0. The first-order chi connectivity index (χ1) is 32.7. The Labute approximate surface area is 400 Å². The zero-order chi connectivity index (χ0) is 45.6. The predicted octanol–water partition coefficient (Wildman–Crippen LogP) is 16.1. The van der Waals surface area contributed by atoms with Gasteiger partial charge < -0.3 is 14.0 Å². The number of fused-ring (bicyclic) bond motifs is 5. The Balaban J connectivity index is 0.000000270. The van der Waals surface area contributed by atoms with Crippen molar-refractivity contribution >= 4 is 54.4 Å². The molecule has 315 valence electrons. The van der Waals surface area contributed by atoms with E-state index in [1.807, 2.05) is 18.2 Å². The van der Waals surface area contributed by atoms with Gasteiger partial charge in [0.25, 0.3) is 0 Å². The fourth-order valence-corrected chi connectivity index (χ4v) is 9.43. The fraction of sp³-hybridized carbons (Fsp3) is 0.0508. The molecule has 0 bridgehead atoms. The monoisotopic (exact) mass is 1040 g/mol. The second kappa shape index (κ2) is 17.8. The van der Waals surface area contributed by atoms with Crippen molar-refractivity contribution in [2.75, 3.05) is 0 Å². The molecule has 12 rings (SSSR count). The number of nitrogens with zero attached hydrogens (tertiary/aromatic N) is 3. The van der Waals surface area contributed by atoms with Crippen molar-refractivity contribution in [3.8, 4) is 61.7 Å².